The molecule has 1 aliphatic heterocycles. The van der Waals surface area contributed by atoms with Gasteiger partial charge in [0.05, 0.1) is 4.92 Å². The molecule has 1 unspecified atom stereocenters. The van der Waals surface area contributed by atoms with E-state index in [9.17, 15) is 10.1 Å². The fourth-order valence-electron chi connectivity index (χ4n) is 2.67. The molecule has 0 saturated carbocycles. The molecule has 0 aromatic heterocycles. The molecule has 1 fully saturated rings. The van der Waals surface area contributed by atoms with Crippen LogP contribution in [0.5, 0.6) is 0 Å². The molecular weight excluding hydrogens is 264 g/mol. The van der Waals surface area contributed by atoms with Crippen molar-refractivity contribution < 1.29 is 4.92 Å². The predicted molar refractivity (Wildman–Crippen MR) is 77.9 cm³/mol. The fraction of sp³-hybridized carbons (Fsp3) is 0.571. The maximum Gasteiger partial charge on any atom is 0.292 e. The molecule has 1 aromatic rings. The first-order valence-corrected chi connectivity index (χ1v) is 7.27. The summed E-state index contributed by atoms with van der Waals surface area (Å²) in [4.78, 5) is 13.1. The van der Waals surface area contributed by atoms with Gasteiger partial charge in [0, 0.05) is 24.5 Å². The molecule has 1 saturated heterocycles. The summed E-state index contributed by atoms with van der Waals surface area (Å²) in [5.41, 5.74) is 1.69. The van der Waals surface area contributed by atoms with Gasteiger partial charge in [0.2, 0.25) is 0 Å². The van der Waals surface area contributed by atoms with Gasteiger partial charge < -0.3 is 4.90 Å². The fourth-order valence-corrected chi connectivity index (χ4v) is 2.84. The van der Waals surface area contributed by atoms with E-state index in [1.165, 1.54) is 12.8 Å². The summed E-state index contributed by atoms with van der Waals surface area (Å²) < 4.78 is 0. The number of nitro groups is 1. The summed E-state index contributed by atoms with van der Waals surface area (Å²) >= 11 is 5.76. The minimum absolute atomic E-state index is 0.173. The van der Waals surface area contributed by atoms with Gasteiger partial charge in [-0.3, -0.25) is 10.1 Å². The van der Waals surface area contributed by atoms with E-state index in [4.69, 9.17) is 11.6 Å². The van der Waals surface area contributed by atoms with Gasteiger partial charge in [-0.05, 0) is 31.4 Å². The van der Waals surface area contributed by atoms with Crippen molar-refractivity contribution in [2.45, 2.75) is 44.5 Å². The lowest BCUT2D eigenvalue weighted by Gasteiger charge is -2.29. The second-order valence-electron chi connectivity index (χ2n) is 5.11. The number of benzene rings is 1. The average Bonchev–Trinajstić information content (AvgIpc) is 2.62. The van der Waals surface area contributed by atoms with Crippen LogP contribution in [0.4, 0.5) is 11.4 Å². The Hall–Kier alpha value is -1.29. The second-order valence-corrected chi connectivity index (χ2v) is 5.37. The molecular formula is C14H19ClN2O2. The van der Waals surface area contributed by atoms with Crippen molar-refractivity contribution in [1.82, 2.24) is 0 Å². The lowest BCUT2D eigenvalue weighted by Crippen LogP contribution is -2.32. The number of hydrogen-bond acceptors (Lipinski definition) is 3. The first-order valence-electron chi connectivity index (χ1n) is 6.73. The molecule has 5 heteroatoms. The van der Waals surface area contributed by atoms with E-state index in [2.05, 4.69) is 11.8 Å². The predicted octanol–water partition coefficient (Wildman–Crippen LogP) is 4.10. The quantitative estimate of drug-likeness (QED) is 0.476. The molecule has 1 atom stereocenters. The van der Waals surface area contributed by atoms with Crippen molar-refractivity contribution in [3.05, 3.63) is 33.9 Å². The standard InChI is InChI=1S/C14H19ClN2O2/c1-11-5-3-2-4-8-16(11)13-7-6-12(10-15)9-14(13)17(18)19/h6-7,9,11H,2-5,8,10H2,1H3. The molecule has 19 heavy (non-hydrogen) atoms. The minimum Gasteiger partial charge on any atom is -0.363 e. The first kappa shape index (κ1) is 14.1. The van der Waals surface area contributed by atoms with E-state index in [1.807, 2.05) is 12.1 Å². The van der Waals surface area contributed by atoms with E-state index < -0.39 is 0 Å². The van der Waals surface area contributed by atoms with Gasteiger partial charge in [0.1, 0.15) is 5.69 Å². The van der Waals surface area contributed by atoms with Crippen molar-refractivity contribution >= 4 is 23.0 Å². The Labute approximate surface area is 118 Å². The smallest absolute Gasteiger partial charge is 0.292 e. The number of alkyl halides is 1. The molecule has 0 bridgehead atoms. The summed E-state index contributed by atoms with van der Waals surface area (Å²) in [6, 6.07) is 5.67. The van der Waals surface area contributed by atoms with Crippen LogP contribution in [0.3, 0.4) is 0 Å². The minimum atomic E-state index is -0.303. The normalized spacial score (nSPS) is 20.1. The monoisotopic (exact) mass is 282 g/mol. The van der Waals surface area contributed by atoms with E-state index in [0.29, 0.717) is 11.9 Å². The van der Waals surface area contributed by atoms with Gasteiger partial charge in [-0.15, -0.1) is 11.6 Å². The number of halogens is 1. The largest absolute Gasteiger partial charge is 0.363 e. The summed E-state index contributed by atoms with van der Waals surface area (Å²) in [5, 5.41) is 11.3. The molecule has 0 radical (unpaired) electrons. The van der Waals surface area contributed by atoms with Crippen LogP contribution in [0.1, 0.15) is 38.2 Å². The topological polar surface area (TPSA) is 46.4 Å². The van der Waals surface area contributed by atoms with Crippen LogP contribution in [-0.2, 0) is 5.88 Å². The van der Waals surface area contributed by atoms with Crippen LogP contribution in [0.25, 0.3) is 0 Å². The number of nitro benzene ring substituents is 1. The van der Waals surface area contributed by atoms with E-state index in [0.717, 1.165) is 30.6 Å². The third kappa shape index (κ3) is 3.18. The summed E-state index contributed by atoms with van der Waals surface area (Å²) in [7, 11) is 0. The van der Waals surface area contributed by atoms with Crippen molar-refractivity contribution in [3.8, 4) is 0 Å². The van der Waals surface area contributed by atoms with Crippen molar-refractivity contribution in [3.63, 3.8) is 0 Å². The Morgan fingerprint density at radius 3 is 2.89 bits per heavy atom. The second kappa shape index (κ2) is 6.24. The van der Waals surface area contributed by atoms with Crippen molar-refractivity contribution in [2.75, 3.05) is 11.4 Å². The molecule has 1 aliphatic rings. The molecule has 0 amide bonds. The summed E-state index contributed by atoms with van der Waals surface area (Å²) in [5.74, 6) is 0.302. The van der Waals surface area contributed by atoms with Crippen LogP contribution in [0.15, 0.2) is 18.2 Å². The van der Waals surface area contributed by atoms with E-state index in [-0.39, 0.29) is 10.6 Å². The highest BCUT2D eigenvalue weighted by atomic mass is 35.5. The van der Waals surface area contributed by atoms with Gasteiger partial charge in [-0.1, -0.05) is 18.9 Å². The molecule has 1 heterocycles. The van der Waals surface area contributed by atoms with Gasteiger partial charge in [-0.2, -0.15) is 0 Å². The van der Waals surface area contributed by atoms with Crippen LogP contribution >= 0.6 is 11.6 Å². The maximum absolute atomic E-state index is 11.3. The lowest BCUT2D eigenvalue weighted by molar-refractivity contribution is -0.384. The van der Waals surface area contributed by atoms with Crippen molar-refractivity contribution in [1.29, 1.82) is 0 Å². The lowest BCUT2D eigenvalue weighted by atomic mass is 10.1. The third-order valence-corrected chi connectivity index (χ3v) is 4.06. The zero-order valence-electron chi connectivity index (χ0n) is 11.1. The number of rotatable bonds is 3. The molecule has 0 N–H and O–H groups in total. The van der Waals surface area contributed by atoms with E-state index in [1.54, 1.807) is 6.07 Å². The Kier molecular flexibility index (Phi) is 4.64. The van der Waals surface area contributed by atoms with Gasteiger partial charge in [-0.25, -0.2) is 0 Å². The van der Waals surface area contributed by atoms with Gasteiger partial charge >= 0.3 is 0 Å². The number of anilines is 1. The maximum atomic E-state index is 11.3. The average molecular weight is 283 g/mol. The zero-order chi connectivity index (χ0) is 13.8. The summed E-state index contributed by atoms with van der Waals surface area (Å²) in [6.45, 7) is 3.03. The van der Waals surface area contributed by atoms with Gasteiger partial charge in [0.25, 0.3) is 5.69 Å². The molecule has 4 nitrogen and oxygen atoms in total. The van der Waals surface area contributed by atoms with Crippen LogP contribution < -0.4 is 4.90 Å². The Morgan fingerprint density at radius 2 is 2.21 bits per heavy atom. The van der Waals surface area contributed by atoms with Crippen LogP contribution in [0.2, 0.25) is 0 Å². The zero-order valence-corrected chi connectivity index (χ0v) is 11.9. The molecule has 0 spiro atoms. The number of hydrogen-bond donors (Lipinski definition) is 0. The first-order chi connectivity index (χ1) is 9.13. The molecule has 1 aromatic carbocycles. The Balaban J connectivity index is 2.39. The highest BCUT2D eigenvalue weighted by Crippen LogP contribution is 2.33. The Bertz CT molecular complexity index is 465. The van der Waals surface area contributed by atoms with Crippen LogP contribution in [0, 0.1) is 10.1 Å². The van der Waals surface area contributed by atoms with E-state index >= 15 is 0 Å². The van der Waals surface area contributed by atoms with Gasteiger partial charge in [0.15, 0.2) is 0 Å². The molecule has 104 valence electrons. The van der Waals surface area contributed by atoms with Crippen LogP contribution in [-0.4, -0.2) is 17.5 Å². The highest BCUT2D eigenvalue weighted by molar-refractivity contribution is 6.17. The number of nitrogens with zero attached hydrogens (tertiary/aromatic N) is 2. The highest BCUT2D eigenvalue weighted by Gasteiger charge is 2.24. The SMILES string of the molecule is CC1CCCCCN1c1ccc(CCl)cc1[N+](=O)[O-]. The molecule has 0 aliphatic carbocycles. The van der Waals surface area contributed by atoms with Crippen molar-refractivity contribution in [2.24, 2.45) is 0 Å². The third-order valence-electron chi connectivity index (χ3n) is 3.75. The Morgan fingerprint density at radius 1 is 1.42 bits per heavy atom. The molecule has 2 rings (SSSR count). The summed E-state index contributed by atoms with van der Waals surface area (Å²) in [6.07, 6.45) is 4.59.